The number of nitrogens with zero attached hydrogens (tertiary/aromatic N) is 2. The lowest BCUT2D eigenvalue weighted by molar-refractivity contribution is 0.0631. The maximum absolute atomic E-state index is 13.0. The first-order valence-corrected chi connectivity index (χ1v) is 9.40. The summed E-state index contributed by atoms with van der Waals surface area (Å²) in [7, 11) is 0. The topological polar surface area (TPSA) is 46.3 Å². The molecule has 0 saturated heterocycles. The number of carbonyl (C=O) groups excluding carboxylic acids is 1. The molecule has 1 fully saturated rings. The van der Waals surface area contributed by atoms with Crippen molar-refractivity contribution >= 4 is 28.4 Å². The van der Waals surface area contributed by atoms with Gasteiger partial charge in [0, 0.05) is 23.5 Å². The molecule has 1 aliphatic carbocycles. The first-order chi connectivity index (χ1) is 12.6. The van der Waals surface area contributed by atoms with E-state index in [-0.39, 0.29) is 11.9 Å². The van der Waals surface area contributed by atoms with Crippen molar-refractivity contribution in [1.82, 2.24) is 9.88 Å². The minimum absolute atomic E-state index is 0.0812. The molecule has 1 amide bonds. The third kappa shape index (κ3) is 3.21. The molecule has 1 aromatic carbocycles. The Bertz CT molecular complexity index is 931. The number of hydrogen-bond acceptors (Lipinski definition) is 3. The van der Waals surface area contributed by atoms with Gasteiger partial charge in [-0.05, 0) is 43.5 Å². The predicted octanol–water partition coefficient (Wildman–Crippen LogP) is 5.37. The van der Waals surface area contributed by atoms with Crippen LogP contribution in [0.15, 0.2) is 47.1 Å². The minimum Gasteiger partial charge on any atom is -0.459 e. The Morgan fingerprint density at radius 2 is 2.08 bits per heavy atom. The summed E-state index contributed by atoms with van der Waals surface area (Å²) in [5, 5.41) is 1.50. The lowest BCUT2D eigenvalue weighted by atomic mass is 10.1. The number of amides is 1. The normalized spacial score (nSPS) is 14.8. The maximum Gasteiger partial charge on any atom is 0.290 e. The van der Waals surface area contributed by atoms with Gasteiger partial charge in [0.05, 0.1) is 11.8 Å². The van der Waals surface area contributed by atoms with Crippen molar-refractivity contribution in [2.24, 2.45) is 0 Å². The number of furan rings is 1. The number of benzene rings is 1. The van der Waals surface area contributed by atoms with E-state index in [0.717, 1.165) is 47.7 Å². The summed E-state index contributed by atoms with van der Waals surface area (Å²) in [6.07, 6.45) is 5.87. The molecule has 4 rings (SSSR count). The van der Waals surface area contributed by atoms with Gasteiger partial charge in [0.2, 0.25) is 0 Å². The van der Waals surface area contributed by atoms with Crippen LogP contribution in [-0.2, 0) is 6.54 Å². The summed E-state index contributed by atoms with van der Waals surface area (Å²) in [6, 6.07) is 11.8. The quantitative estimate of drug-likeness (QED) is 0.581. The Balaban J connectivity index is 1.70. The Labute approximate surface area is 157 Å². The van der Waals surface area contributed by atoms with Crippen LogP contribution in [0, 0.1) is 6.92 Å². The van der Waals surface area contributed by atoms with Gasteiger partial charge in [-0.2, -0.15) is 0 Å². The number of carbonyl (C=O) groups is 1. The number of hydrogen-bond donors (Lipinski definition) is 0. The van der Waals surface area contributed by atoms with Gasteiger partial charge in [-0.25, -0.2) is 4.98 Å². The van der Waals surface area contributed by atoms with Crippen LogP contribution in [0.5, 0.6) is 0 Å². The zero-order valence-electron chi connectivity index (χ0n) is 14.7. The van der Waals surface area contributed by atoms with E-state index >= 15 is 0 Å². The van der Waals surface area contributed by atoms with Crippen molar-refractivity contribution in [2.75, 3.05) is 0 Å². The molecular weight excluding hydrogens is 348 g/mol. The summed E-state index contributed by atoms with van der Waals surface area (Å²) in [4.78, 5) is 19.5. The molecule has 0 unspecified atom stereocenters. The van der Waals surface area contributed by atoms with Gasteiger partial charge in [0.25, 0.3) is 5.91 Å². The summed E-state index contributed by atoms with van der Waals surface area (Å²) in [6.45, 7) is 2.47. The Morgan fingerprint density at radius 3 is 2.81 bits per heavy atom. The molecule has 2 aromatic heterocycles. The highest BCUT2D eigenvalue weighted by Gasteiger charge is 2.29. The molecule has 0 radical (unpaired) electrons. The van der Waals surface area contributed by atoms with Crippen LogP contribution in [0.3, 0.4) is 0 Å². The zero-order valence-corrected chi connectivity index (χ0v) is 15.5. The predicted molar refractivity (Wildman–Crippen MR) is 102 cm³/mol. The van der Waals surface area contributed by atoms with E-state index < -0.39 is 0 Å². The summed E-state index contributed by atoms with van der Waals surface area (Å²) in [5.41, 5.74) is 2.87. The van der Waals surface area contributed by atoms with Crippen LogP contribution < -0.4 is 0 Å². The largest absolute Gasteiger partial charge is 0.459 e. The van der Waals surface area contributed by atoms with Gasteiger partial charge in [0.15, 0.2) is 5.76 Å². The third-order valence-electron chi connectivity index (χ3n) is 5.17. The highest BCUT2D eigenvalue weighted by molar-refractivity contribution is 6.30. The van der Waals surface area contributed by atoms with Crippen LogP contribution in [0.2, 0.25) is 5.15 Å². The molecule has 2 heterocycles. The van der Waals surface area contributed by atoms with Gasteiger partial charge in [-0.1, -0.05) is 42.6 Å². The Morgan fingerprint density at radius 1 is 1.27 bits per heavy atom. The van der Waals surface area contributed by atoms with Gasteiger partial charge in [-0.15, -0.1) is 0 Å². The molecule has 26 heavy (non-hydrogen) atoms. The summed E-state index contributed by atoms with van der Waals surface area (Å²) in [5.74, 6) is 0.292. The van der Waals surface area contributed by atoms with E-state index in [0.29, 0.717) is 17.5 Å². The molecular formula is C21H21ClN2O2. The van der Waals surface area contributed by atoms with E-state index in [1.165, 1.54) is 6.26 Å². The molecule has 4 nitrogen and oxygen atoms in total. The number of pyridine rings is 1. The Hall–Kier alpha value is -2.33. The number of rotatable bonds is 4. The van der Waals surface area contributed by atoms with Crippen molar-refractivity contribution < 1.29 is 9.21 Å². The van der Waals surface area contributed by atoms with E-state index in [2.05, 4.69) is 11.1 Å². The SMILES string of the molecule is Cc1cccc2cc(CN(C(=O)c3ccco3)C3CCCC3)c(Cl)nc12. The number of fused-ring (bicyclic) bond motifs is 1. The molecule has 134 valence electrons. The van der Waals surface area contributed by atoms with Gasteiger partial charge in [0.1, 0.15) is 5.15 Å². The lowest BCUT2D eigenvalue weighted by Crippen LogP contribution is -2.38. The highest BCUT2D eigenvalue weighted by atomic mass is 35.5. The number of halogens is 1. The van der Waals surface area contributed by atoms with Gasteiger partial charge in [-0.3, -0.25) is 4.79 Å². The summed E-state index contributed by atoms with van der Waals surface area (Å²) >= 11 is 6.48. The van der Waals surface area contributed by atoms with Crippen molar-refractivity contribution in [3.8, 4) is 0 Å². The standard InChI is InChI=1S/C21H21ClN2O2/c1-14-6-4-7-15-12-16(20(22)23-19(14)15)13-24(17-8-2-3-9-17)21(25)18-10-5-11-26-18/h4-7,10-12,17H,2-3,8-9,13H2,1H3. The molecule has 1 aliphatic rings. The van der Waals surface area contributed by atoms with Crippen LogP contribution in [-0.4, -0.2) is 21.8 Å². The molecule has 1 saturated carbocycles. The van der Waals surface area contributed by atoms with Crippen LogP contribution in [0.25, 0.3) is 10.9 Å². The average Bonchev–Trinajstić information content (AvgIpc) is 3.34. The maximum atomic E-state index is 13.0. The van der Waals surface area contributed by atoms with E-state index in [4.69, 9.17) is 16.0 Å². The molecule has 0 spiro atoms. The number of aryl methyl sites for hydroxylation is 1. The third-order valence-corrected chi connectivity index (χ3v) is 5.50. The number of aromatic nitrogens is 1. The van der Waals surface area contributed by atoms with E-state index in [1.54, 1.807) is 12.1 Å². The summed E-state index contributed by atoms with van der Waals surface area (Å²) < 4.78 is 5.35. The van der Waals surface area contributed by atoms with Gasteiger partial charge < -0.3 is 9.32 Å². The van der Waals surface area contributed by atoms with Crippen LogP contribution in [0.4, 0.5) is 0 Å². The van der Waals surface area contributed by atoms with Crippen molar-refractivity contribution in [3.05, 3.63) is 64.7 Å². The van der Waals surface area contributed by atoms with Crippen molar-refractivity contribution in [2.45, 2.75) is 45.2 Å². The second-order valence-electron chi connectivity index (χ2n) is 6.93. The zero-order chi connectivity index (χ0) is 18.1. The number of para-hydroxylation sites is 1. The van der Waals surface area contributed by atoms with Gasteiger partial charge >= 0.3 is 0 Å². The fourth-order valence-electron chi connectivity index (χ4n) is 3.79. The first-order valence-electron chi connectivity index (χ1n) is 9.02. The van der Waals surface area contributed by atoms with E-state index in [1.807, 2.05) is 30.0 Å². The first kappa shape index (κ1) is 17.1. The minimum atomic E-state index is -0.0812. The molecule has 3 aromatic rings. The van der Waals surface area contributed by atoms with E-state index in [9.17, 15) is 4.79 Å². The highest BCUT2D eigenvalue weighted by Crippen LogP contribution is 2.29. The molecule has 0 aliphatic heterocycles. The van der Waals surface area contributed by atoms with Crippen molar-refractivity contribution in [3.63, 3.8) is 0 Å². The lowest BCUT2D eigenvalue weighted by Gasteiger charge is -2.28. The Kier molecular flexibility index (Phi) is 4.68. The van der Waals surface area contributed by atoms with Crippen LogP contribution in [0.1, 0.15) is 47.4 Å². The second-order valence-corrected chi connectivity index (χ2v) is 7.29. The molecule has 0 N–H and O–H groups in total. The van der Waals surface area contributed by atoms with Crippen molar-refractivity contribution in [1.29, 1.82) is 0 Å². The average molecular weight is 369 g/mol. The fourth-order valence-corrected chi connectivity index (χ4v) is 3.99. The molecule has 0 bridgehead atoms. The fraction of sp³-hybridized carbons (Fsp3) is 0.333. The molecule has 5 heteroatoms. The second kappa shape index (κ2) is 7.12. The smallest absolute Gasteiger partial charge is 0.290 e. The monoisotopic (exact) mass is 368 g/mol. The van der Waals surface area contributed by atoms with Crippen LogP contribution >= 0.6 is 11.6 Å². The molecule has 0 atom stereocenters.